The van der Waals surface area contributed by atoms with Crippen molar-refractivity contribution in [3.05, 3.63) is 35.4 Å². The molecule has 0 atom stereocenters. The predicted octanol–water partition coefficient (Wildman–Crippen LogP) is 2.69. The van der Waals surface area contributed by atoms with Gasteiger partial charge in [-0.3, -0.25) is 9.69 Å². The van der Waals surface area contributed by atoms with Crippen molar-refractivity contribution < 1.29 is 4.79 Å². The van der Waals surface area contributed by atoms with E-state index in [1.807, 2.05) is 4.90 Å². The van der Waals surface area contributed by atoms with Crippen LogP contribution in [0.15, 0.2) is 24.3 Å². The van der Waals surface area contributed by atoms with Crippen LogP contribution in [0.4, 0.5) is 0 Å². The summed E-state index contributed by atoms with van der Waals surface area (Å²) in [7, 11) is 0. The third-order valence-corrected chi connectivity index (χ3v) is 3.92. The maximum Gasteiger partial charge on any atom is 0.237 e. The summed E-state index contributed by atoms with van der Waals surface area (Å²) < 4.78 is 0. The van der Waals surface area contributed by atoms with Gasteiger partial charge in [-0.2, -0.15) is 0 Å². The van der Waals surface area contributed by atoms with Crippen molar-refractivity contribution >= 4 is 5.91 Å². The third kappa shape index (κ3) is 3.83. The van der Waals surface area contributed by atoms with E-state index in [1.165, 1.54) is 11.1 Å². The quantitative estimate of drug-likeness (QED) is 0.796. The molecule has 1 aliphatic rings. The van der Waals surface area contributed by atoms with Crippen molar-refractivity contribution in [3.63, 3.8) is 0 Å². The second-order valence-corrected chi connectivity index (χ2v) is 5.61. The van der Waals surface area contributed by atoms with Gasteiger partial charge in [-0.25, -0.2) is 0 Å². The monoisotopic (exact) mass is 274 g/mol. The van der Waals surface area contributed by atoms with Crippen LogP contribution in [-0.2, 0) is 17.8 Å². The summed E-state index contributed by atoms with van der Waals surface area (Å²) in [5.74, 6) is 0.279. The Labute approximate surface area is 122 Å². The average Bonchev–Trinajstić information content (AvgIpc) is 2.47. The van der Waals surface area contributed by atoms with E-state index in [4.69, 9.17) is 0 Å². The molecule has 1 aromatic rings. The molecule has 110 valence electrons. The van der Waals surface area contributed by atoms with Gasteiger partial charge in [-0.05, 0) is 43.5 Å². The number of hydrogen-bond acceptors (Lipinski definition) is 2. The van der Waals surface area contributed by atoms with Gasteiger partial charge in [0.1, 0.15) is 0 Å². The van der Waals surface area contributed by atoms with Crippen molar-refractivity contribution in [3.8, 4) is 0 Å². The molecular weight excluding hydrogens is 248 g/mol. The molecule has 0 saturated carbocycles. The lowest BCUT2D eigenvalue weighted by Gasteiger charge is -2.31. The predicted molar refractivity (Wildman–Crippen MR) is 82.6 cm³/mol. The van der Waals surface area contributed by atoms with Crippen LogP contribution < -0.4 is 0 Å². The molecule has 1 amide bonds. The molecule has 2 rings (SSSR count). The van der Waals surface area contributed by atoms with Gasteiger partial charge in [0.05, 0.1) is 6.54 Å². The normalized spacial score (nSPS) is 14.4. The van der Waals surface area contributed by atoms with Gasteiger partial charge in [-0.1, -0.05) is 38.1 Å². The van der Waals surface area contributed by atoms with Crippen LogP contribution in [0.25, 0.3) is 0 Å². The number of nitrogens with zero attached hydrogens (tertiary/aromatic N) is 2. The standard InChI is InChI=1S/C17H26N2O/c1-3-10-18(11-4-2)14-17(20)19-12-9-15-7-5-6-8-16(15)13-19/h5-8H,3-4,9-14H2,1-2H3. The largest absolute Gasteiger partial charge is 0.337 e. The van der Waals surface area contributed by atoms with E-state index in [2.05, 4.69) is 43.0 Å². The van der Waals surface area contributed by atoms with E-state index in [-0.39, 0.29) is 5.91 Å². The zero-order valence-corrected chi connectivity index (χ0v) is 12.8. The molecule has 20 heavy (non-hydrogen) atoms. The van der Waals surface area contributed by atoms with Crippen molar-refractivity contribution in [1.82, 2.24) is 9.80 Å². The highest BCUT2D eigenvalue weighted by atomic mass is 16.2. The van der Waals surface area contributed by atoms with E-state index < -0.39 is 0 Å². The van der Waals surface area contributed by atoms with E-state index in [0.29, 0.717) is 6.54 Å². The van der Waals surface area contributed by atoms with Gasteiger partial charge < -0.3 is 4.90 Å². The lowest BCUT2D eigenvalue weighted by Crippen LogP contribution is -2.43. The maximum atomic E-state index is 12.5. The molecule has 3 heteroatoms. The number of carbonyl (C=O) groups is 1. The number of rotatable bonds is 6. The fourth-order valence-electron chi connectivity index (χ4n) is 2.90. The average molecular weight is 274 g/mol. The van der Waals surface area contributed by atoms with Crippen molar-refractivity contribution in [1.29, 1.82) is 0 Å². The topological polar surface area (TPSA) is 23.6 Å². The van der Waals surface area contributed by atoms with Gasteiger partial charge in [0.15, 0.2) is 0 Å². The first kappa shape index (κ1) is 15.0. The van der Waals surface area contributed by atoms with Crippen LogP contribution in [0.3, 0.4) is 0 Å². The minimum atomic E-state index is 0.279. The summed E-state index contributed by atoms with van der Waals surface area (Å²) in [4.78, 5) is 16.7. The minimum absolute atomic E-state index is 0.279. The zero-order chi connectivity index (χ0) is 14.4. The van der Waals surface area contributed by atoms with Crippen LogP contribution in [0.1, 0.15) is 37.8 Å². The fourth-order valence-corrected chi connectivity index (χ4v) is 2.90. The van der Waals surface area contributed by atoms with Gasteiger partial charge in [0, 0.05) is 13.1 Å². The van der Waals surface area contributed by atoms with Gasteiger partial charge >= 0.3 is 0 Å². The minimum Gasteiger partial charge on any atom is -0.337 e. The maximum absolute atomic E-state index is 12.5. The number of amides is 1. The molecule has 0 saturated heterocycles. The van der Waals surface area contributed by atoms with E-state index in [9.17, 15) is 4.79 Å². The first-order valence-corrected chi connectivity index (χ1v) is 7.81. The van der Waals surface area contributed by atoms with Gasteiger partial charge in [0.2, 0.25) is 5.91 Å². The number of benzene rings is 1. The number of hydrogen-bond donors (Lipinski definition) is 0. The summed E-state index contributed by atoms with van der Waals surface area (Å²) in [6.07, 6.45) is 3.20. The van der Waals surface area contributed by atoms with E-state index in [0.717, 1.165) is 45.4 Å². The first-order valence-electron chi connectivity index (χ1n) is 7.81. The Morgan fingerprint density at radius 2 is 1.80 bits per heavy atom. The van der Waals surface area contributed by atoms with Crippen LogP contribution in [0, 0.1) is 0 Å². The molecule has 3 nitrogen and oxygen atoms in total. The van der Waals surface area contributed by atoms with Crippen LogP contribution in [-0.4, -0.2) is 41.9 Å². The molecule has 0 aromatic heterocycles. The van der Waals surface area contributed by atoms with Gasteiger partial charge in [-0.15, -0.1) is 0 Å². The molecule has 0 spiro atoms. The smallest absolute Gasteiger partial charge is 0.237 e. The highest BCUT2D eigenvalue weighted by molar-refractivity contribution is 5.78. The SMILES string of the molecule is CCCN(CCC)CC(=O)N1CCc2ccccc2C1. The Hall–Kier alpha value is -1.35. The summed E-state index contributed by atoms with van der Waals surface area (Å²) in [5.41, 5.74) is 2.71. The molecule has 1 aliphatic heterocycles. The zero-order valence-electron chi connectivity index (χ0n) is 12.8. The Bertz CT molecular complexity index is 438. The molecule has 0 radical (unpaired) electrons. The van der Waals surface area contributed by atoms with Crippen molar-refractivity contribution in [2.75, 3.05) is 26.2 Å². The second kappa shape index (κ2) is 7.44. The summed E-state index contributed by atoms with van der Waals surface area (Å²) in [6, 6.07) is 8.47. The van der Waals surface area contributed by atoms with Crippen molar-refractivity contribution in [2.45, 2.75) is 39.7 Å². The lowest BCUT2D eigenvalue weighted by atomic mass is 10.00. The fraction of sp³-hybridized carbons (Fsp3) is 0.588. The van der Waals surface area contributed by atoms with Crippen LogP contribution in [0.2, 0.25) is 0 Å². The Kier molecular flexibility index (Phi) is 5.60. The molecule has 1 heterocycles. The van der Waals surface area contributed by atoms with Crippen LogP contribution in [0.5, 0.6) is 0 Å². The molecule has 1 aromatic carbocycles. The molecule has 0 fully saturated rings. The van der Waals surface area contributed by atoms with Crippen LogP contribution >= 0.6 is 0 Å². The van der Waals surface area contributed by atoms with E-state index >= 15 is 0 Å². The molecule has 0 aliphatic carbocycles. The Morgan fingerprint density at radius 3 is 2.45 bits per heavy atom. The second-order valence-electron chi connectivity index (χ2n) is 5.61. The highest BCUT2D eigenvalue weighted by Crippen LogP contribution is 2.18. The van der Waals surface area contributed by atoms with E-state index in [1.54, 1.807) is 0 Å². The third-order valence-electron chi connectivity index (χ3n) is 3.92. The first-order chi connectivity index (χ1) is 9.74. The lowest BCUT2D eigenvalue weighted by molar-refractivity contribution is -0.133. The Balaban J connectivity index is 1.93. The highest BCUT2D eigenvalue weighted by Gasteiger charge is 2.21. The summed E-state index contributed by atoms with van der Waals surface area (Å²) >= 11 is 0. The molecular formula is C17H26N2O. The Morgan fingerprint density at radius 1 is 1.15 bits per heavy atom. The number of carbonyl (C=O) groups excluding carboxylic acids is 1. The summed E-state index contributed by atoms with van der Waals surface area (Å²) in [6.45, 7) is 8.59. The van der Waals surface area contributed by atoms with Crippen molar-refractivity contribution in [2.24, 2.45) is 0 Å². The molecule has 0 N–H and O–H groups in total. The number of fused-ring (bicyclic) bond motifs is 1. The molecule has 0 bridgehead atoms. The molecule has 0 unspecified atom stereocenters. The summed E-state index contributed by atoms with van der Waals surface area (Å²) in [5, 5.41) is 0. The van der Waals surface area contributed by atoms with Gasteiger partial charge in [0.25, 0.3) is 0 Å².